The van der Waals surface area contributed by atoms with Crippen molar-refractivity contribution < 1.29 is 13.2 Å². The van der Waals surface area contributed by atoms with Crippen molar-refractivity contribution in [3.8, 4) is 0 Å². The summed E-state index contributed by atoms with van der Waals surface area (Å²) in [5.74, 6) is 2.20. The molecule has 2 saturated heterocycles. The van der Waals surface area contributed by atoms with Crippen molar-refractivity contribution in [3.63, 3.8) is 0 Å². The number of aromatic nitrogens is 2. The molecule has 8 heteroatoms. The summed E-state index contributed by atoms with van der Waals surface area (Å²) in [5.41, 5.74) is 2.49. The Bertz CT molecular complexity index is 1060. The van der Waals surface area contributed by atoms with Gasteiger partial charge in [-0.3, -0.25) is 4.31 Å². The number of hydrogen-bond acceptors (Lipinski definition) is 4. The van der Waals surface area contributed by atoms with Crippen LogP contribution in [0.4, 0.5) is 5.69 Å². The molecule has 1 unspecified atom stereocenters. The van der Waals surface area contributed by atoms with Gasteiger partial charge in [-0.15, -0.1) is 0 Å². The van der Waals surface area contributed by atoms with Crippen LogP contribution in [0.15, 0.2) is 18.2 Å². The molecule has 1 aromatic heterocycles. The van der Waals surface area contributed by atoms with E-state index in [1.807, 2.05) is 18.2 Å². The highest BCUT2D eigenvalue weighted by molar-refractivity contribution is 7.90. The van der Waals surface area contributed by atoms with Crippen LogP contribution in [0.3, 0.4) is 0 Å². The maximum absolute atomic E-state index is 13.3. The minimum absolute atomic E-state index is 0.108. The first-order valence-corrected chi connectivity index (χ1v) is 13.8. The van der Waals surface area contributed by atoms with Gasteiger partial charge in [-0.05, 0) is 62.1 Å². The monoisotopic (exact) mass is 476 g/mol. The third-order valence-electron chi connectivity index (χ3n) is 7.19. The Balaban J connectivity index is 1.66. The fourth-order valence-electron chi connectivity index (χ4n) is 5.00. The van der Waals surface area contributed by atoms with Crippen molar-refractivity contribution >= 4 is 26.9 Å². The molecule has 3 heterocycles. The largest absolute Gasteiger partial charge is 0.381 e. The molecule has 2 aromatic rings. The molecular weight excluding hydrogens is 436 g/mol. The standard InChI is InChI=1S/C25H40N4O3S/c1-19-10-13-28(14-11-19)33(30,31)27(5)21-8-9-23-22(17-21)26-24(25(2,3)4)29(23)18-20-7-6-15-32-16-12-20/h8-9,17,19-20H,6-7,10-16,18H2,1-5H3. The van der Waals surface area contributed by atoms with E-state index in [0.29, 0.717) is 30.6 Å². The molecule has 2 aliphatic heterocycles. The molecule has 1 atom stereocenters. The third kappa shape index (κ3) is 5.23. The van der Waals surface area contributed by atoms with Gasteiger partial charge in [-0.1, -0.05) is 27.7 Å². The summed E-state index contributed by atoms with van der Waals surface area (Å²) < 4.78 is 37.6. The molecule has 0 N–H and O–H groups in total. The maximum Gasteiger partial charge on any atom is 0.303 e. The van der Waals surface area contributed by atoms with Crippen LogP contribution in [0, 0.1) is 11.8 Å². The second-order valence-corrected chi connectivity index (χ2v) is 12.9. The van der Waals surface area contributed by atoms with Gasteiger partial charge in [-0.2, -0.15) is 12.7 Å². The van der Waals surface area contributed by atoms with Gasteiger partial charge in [0.15, 0.2) is 0 Å². The molecule has 4 rings (SSSR count). The van der Waals surface area contributed by atoms with Crippen molar-refractivity contribution in [3.05, 3.63) is 24.0 Å². The lowest BCUT2D eigenvalue weighted by Crippen LogP contribution is -2.45. The van der Waals surface area contributed by atoms with E-state index in [2.05, 4.69) is 32.3 Å². The number of anilines is 1. The second kappa shape index (κ2) is 9.55. The summed E-state index contributed by atoms with van der Waals surface area (Å²) in [6.45, 7) is 12.5. The van der Waals surface area contributed by atoms with Gasteiger partial charge in [0, 0.05) is 45.3 Å². The van der Waals surface area contributed by atoms with E-state index in [4.69, 9.17) is 9.72 Å². The van der Waals surface area contributed by atoms with Gasteiger partial charge in [0.25, 0.3) is 0 Å². The van der Waals surface area contributed by atoms with Crippen molar-refractivity contribution in [2.45, 2.75) is 71.8 Å². The molecule has 33 heavy (non-hydrogen) atoms. The van der Waals surface area contributed by atoms with Crippen molar-refractivity contribution in [2.75, 3.05) is 37.7 Å². The number of piperidine rings is 1. The number of nitrogens with zero attached hydrogens (tertiary/aromatic N) is 4. The lowest BCUT2D eigenvalue weighted by atomic mass is 9.94. The molecule has 7 nitrogen and oxygen atoms in total. The zero-order valence-corrected chi connectivity index (χ0v) is 21.7. The predicted octanol–water partition coefficient (Wildman–Crippen LogP) is 4.56. The number of rotatable bonds is 5. The highest BCUT2D eigenvalue weighted by atomic mass is 32.2. The van der Waals surface area contributed by atoms with Gasteiger partial charge < -0.3 is 9.30 Å². The molecule has 0 bridgehead atoms. The fourth-order valence-corrected chi connectivity index (χ4v) is 6.40. The van der Waals surface area contributed by atoms with Crippen LogP contribution in [0.5, 0.6) is 0 Å². The number of benzene rings is 1. The fraction of sp³-hybridized carbons (Fsp3) is 0.720. The van der Waals surface area contributed by atoms with Crippen LogP contribution in [-0.4, -0.2) is 55.6 Å². The summed E-state index contributed by atoms with van der Waals surface area (Å²) in [6, 6.07) is 5.90. The summed E-state index contributed by atoms with van der Waals surface area (Å²) in [5, 5.41) is 0. The molecule has 1 aromatic carbocycles. The van der Waals surface area contributed by atoms with Crippen molar-refractivity contribution in [1.82, 2.24) is 13.9 Å². The van der Waals surface area contributed by atoms with E-state index in [9.17, 15) is 8.42 Å². The van der Waals surface area contributed by atoms with E-state index >= 15 is 0 Å². The first kappa shape index (κ1) is 24.5. The molecular formula is C25H40N4O3S. The highest BCUT2D eigenvalue weighted by Gasteiger charge is 2.31. The highest BCUT2D eigenvalue weighted by Crippen LogP contribution is 2.32. The molecule has 2 fully saturated rings. The number of hydrogen-bond donors (Lipinski definition) is 0. The van der Waals surface area contributed by atoms with Crippen LogP contribution in [-0.2, 0) is 26.9 Å². The minimum Gasteiger partial charge on any atom is -0.381 e. The summed E-state index contributed by atoms with van der Waals surface area (Å²) in [4.78, 5) is 5.02. The quantitative estimate of drug-likeness (QED) is 0.634. The van der Waals surface area contributed by atoms with Crippen LogP contribution >= 0.6 is 0 Å². The van der Waals surface area contributed by atoms with Crippen LogP contribution in [0.25, 0.3) is 11.0 Å². The summed E-state index contributed by atoms with van der Waals surface area (Å²) in [7, 11) is -1.89. The number of fused-ring (bicyclic) bond motifs is 1. The van der Waals surface area contributed by atoms with Crippen LogP contribution in [0.2, 0.25) is 0 Å². The SMILES string of the molecule is CC1CCN(S(=O)(=O)N(C)c2ccc3c(c2)nc(C(C)(C)C)n3CC2CCCOCC2)CC1. The maximum atomic E-state index is 13.3. The Labute approximate surface area is 199 Å². The minimum atomic E-state index is -3.55. The molecule has 0 spiro atoms. The Morgan fingerprint density at radius 2 is 1.85 bits per heavy atom. The van der Waals surface area contributed by atoms with Gasteiger partial charge in [0.05, 0.1) is 16.7 Å². The third-order valence-corrected chi connectivity index (χ3v) is 9.11. The Morgan fingerprint density at radius 1 is 1.12 bits per heavy atom. The Hall–Kier alpha value is -1.64. The molecule has 0 aliphatic carbocycles. The van der Waals surface area contributed by atoms with Gasteiger partial charge in [0.2, 0.25) is 0 Å². The van der Waals surface area contributed by atoms with Gasteiger partial charge >= 0.3 is 10.2 Å². The van der Waals surface area contributed by atoms with Gasteiger partial charge in [-0.25, -0.2) is 4.98 Å². The van der Waals surface area contributed by atoms with E-state index in [0.717, 1.165) is 68.7 Å². The molecule has 0 radical (unpaired) electrons. The predicted molar refractivity (Wildman–Crippen MR) is 134 cm³/mol. The van der Waals surface area contributed by atoms with E-state index < -0.39 is 10.2 Å². The van der Waals surface area contributed by atoms with E-state index in [-0.39, 0.29) is 5.41 Å². The van der Waals surface area contributed by atoms with Crippen molar-refractivity contribution in [1.29, 1.82) is 0 Å². The summed E-state index contributed by atoms with van der Waals surface area (Å²) >= 11 is 0. The first-order valence-electron chi connectivity index (χ1n) is 12.4. The van der Waals surface area contributed by atoms with E-state index in [1.165, 1.54) is 4.31 Å². The smallest absolute Gasteiger partial charge is 0.303 e. The number of ether oxygens (including phenoxy) is 1. The van der Waals surface area contributed by atoms with Crippen LogP contribution < -0.4 is 4.31 Å². The van der Waals surface area contributed by atoms with Crippen LogP contribution in [0.1, 0.15) is 65.6 Å². The molecule has 0 amide bonds. The molecule has 0 saturated carbocycles. The Kier molecular flexibility index (Phi) is 7.08. The summed E-state index contributed by atoms with van der Waals surface area (Å²) in [6.07, 6.45) is 5.16. The average Bonchev–Trinajstić information content (AvgIpc) is 2.93. The van der Waals surface area contributed by atoms with Crippen molar-refractivity contribution in [2.24, 2.45) is 11.8 Å². The molecule has 184 valence electrons. The lowest BCUT2D eigenvalue weighted by molar-refractivity contribution is 0.140. The first-order chi connectivity index (χ1) is 15.6. The molecule has 2 aliphatic rings. The zero-order valence-electron chi connectivity index (χ0n) is 20.9. The normalized spacial score (nSPS) is 21.9. The average molecular weight is 477 g/mol. The number of imidazole rings is 1. The Morgan fingerprint density at radius 3 is 2.55 bits per heavy atom. The second-order valence-electron chi connectivity index (χ2n) is 10.9. The lowest BCUT2D eigenvalue weighted by Gasteiger charge is -2.33. The van der Waals surface area contributed by atoms with Gasteiger partial charge in [0.1, 0.15) is 5.82 Å². The zero-order chi connectivity index (χ0) is 23.8. The topological polar surface area (TPSA) is 67.7 Å². The van der Waals surface area contributed by atoms with E-state index in [1.54, 1.807) is 11.4 Å².